The van der Waals surface area contributed by atoms with Crippen molar-refractivity contribution in [2.24, 2.45) is 0 Å². The molecular formula is C17H22BrFN2O5S. The molecular weight excluding hydrogens is 443 g/mol. The highest BCUT2D eigenvalue weighted by Crippen LogP contribution is 2.36. The first-order valence-corrected chi connectivity index (χ1v) is 10.8. The third-order valence-corrected chi connectivity index (χ3v) is 6.50. The topological polar surface area (TPSA) is 84.9 Å². The number of hydrogen-bond acceptors (Lipinski definition) is 5. The summed E-state index contributed by atoms with van der Waals surface area (Å²) in [4.78, 5) is 13.4. The van der Waals surface area contributed by atoms with Crippen molar-refractivity contribution >= 4 is 32.0 Å². The van der Waals surface area contributed by atoms with Crippen LogP contribution >= 0.6 is 15.9 Å². The summed E-state index contributed by atoms with van der Waals surface area (Å²) in [6.07, 6.45) is 0.0240. The molecule has 1 N–H and O–H groups in total. The van der Waals surface area contributed by atoms with Gasteiger partial charge in [-0.3, -0.25) is 0 Å². The van der Waals surface area contributed by atoms with Crippen molar-refractivity contribution in [1.29, 1.82) is 0 Å². The minimum Gasteiger partial charge on any atom is -0.444 e. The van der Waals surface area contributed by atoms with E-state index in [4.69, 9.17) is 9.47 Å². The number of rotatable bonds is 3. The minimum atomic E-state index is -3.87. The van der Waals surface area contributed by atoms with Crippen molar-refractivity contribution in [2.75, 3.05) is 19.7 Å². The second-order valence-corrected chi connectivity index (χ2v) is 10.5. The van der Waals surface area contributed by atoms with Gasteiger partial charge >= 0.3 is 6.09 Å². The van der Waals surface area contributed by atoms with Crippen LogP contribution in [0.1, 0.15) is 27.2 Å². The summed E-state index contributed by atoms with van der Waals surface area (Å²) < 4.78 is 52.4. The van der Waals surface area contributed by atoms with Gasteiger partial charge in [-0.2, -0.15) is 0 Å². The van der Waals surface area contributed by atoms with Crippen molar-refractivity contribution < 1.29 is 27.1 Å². The summed E-state index contributed by atoms with van der Waals surface area (Å²) in [7, 11) is -3.87. The van der Waals surface area contributed by atoms with E-state index in [1.165, 1.54) is 17.0 Å². The van der Waals surface area contributed by atoms with Gasteiger partial charge in [-0.05, 0) is 61.3 Å². The highest BCUT2D eigenvalue weighted by atomic mass is 79.9. The molecule has 1 atom stereocenters. The lowest BCUT2D eigenvalue weighted by molar-refractivity contribution is -0.109. The number of sulfonamides is 1. The Morgan fingerprint density at radius 3 is 2.67 bits per heavy atom. The fourth-order valence-corrected chi connectivity index (χ4v) is 4.66. The van der Waals surface area contributed by atoms with E-state index in [0.717, 1.165) is 6.07 Å². The maximum Gasteiger partial charge on any atom is 0.410 e. The van der Waals surface area contributed by atoms with E-state index in [9.17, 15) is 17.6 Å². The molecule has 0 aromatic heterocycles. The molecule has 1 aromatic carbocycles. The molecule has 1 unspecified atom stereocenters. The minimum absolute atomic E-state index is 0.145. The van der Waals surface area contributed by atoms with E-state index in [1.807, 2.05) is 0 Å². The van der Waals surface area contributed by atoms with Crippen molar-refractivity contribution in [2.45, 2.75) is 49.3 Å². The zero-order valence-electron chi connectivity index (χ0n) is 15.3. The highest BCUT2D eigenvalue weighted by Gasteiger charge is 2.52. The number of ether oxygens (including phenoxy) is 2. The van der Waals surface area contributed by atoms with Gasteiger partial charge in [-0.15, -0.1) is 0 Å². The first kappa shape index (κ1) is 20.5. The van der Waals surface area contributed by atoms with Crippen molar-refractivity contribution in [3.8, 4) is 0 Å². The first-order valence-electron chi connectivity index (χ1n) is 8.48. The number of amides is 1. The number of nitrogens with zero attached hydrogens (tertiary/aromatic N) is 1. The Balaban J connectivity index is 1.58. The van der Waals surface area contributed by atoms with Crippen LogP contribution in [0.2, 0.25) is 0 Å². The van der Waals surface area contributed by atoms with Crippen molar-refractivity contribution in [3.63, 3.8) is 0 Å². The molecule has 150 valence electrons. The monoisotopic (exact) mass is 464 g/mol. The SMILES string of the molecule is CC(C)(C)OC(=O)N1CC2(CC(NS(=O)(=O)c3ccc(Br)c(F)c3)CO2)C1. The van der Waals surface area contributed by atoms with Crippen LogP contribution in [-0.4, -0.2) is 56.4 Å². The number of benzene rings is 1. The Kier molecular flexibility index (Phi) is 5.30. The molecule has 1 spiro atoms. The van der Waals surface area contributed by atoms with Gasteiger partial charge in [0, 0.05) is 6.04 Å². The molecule has 10 heteroatoms. The fourth-order valence-electron chi connectivity index (χ4n) is 3.18. The van der Waals surface area contributed by atoms with Gasteiger partial charge < -0.3 is 14.4 Å². The van der Waals surface area contributed by atoms with Gasteiger partial charge in [0.15, 0.2) is 0 Å². The molecule has 0 radical (unpaired) electrons. The molecule has 0 aliphatic carbocycles. The first-order chi connectivity index (χ1) is 12.4. The average molecular weight is 465 g/mol. The van der Waals surface area contributed by atoms with Crippen LogP contribution in [-0.2, 0) is 19.5 Å². The predicted molar refractivity (Wildman–Crippen MR) is 99.3 cm³/mol. The number of likely N-dealkylation sites (tertiary alicyclic amines) is 1. The Morgan fingerprint density at radius 2 is 2.07 bits per heavy atom. The summed E-state index contributed by atoms with van der Waals surface area (Å²) in [5.41, 5.74) is -1.14. The molecule has 2 aliphatic rings. The largest absolute Gasteiger partial charge is 0.444 e. The van der Waals surface area contributed by atoms with Gasteiger partial charge in [-0.25, -0.2) is 22.3 Å². The normalized spacial score (nSPS) is 22.0. The third-order valence-electron chi connectivity index (χ3n) is 4.34. The summed E-state index contributed by atoms with van der Waals surface area (Å²) >= 11 is 3.00. The molecule has 1 aromatic rings. The van der Waals surface area contributed by atoms with E-state index >= 15 is 0 Å². The Bertz CT molecular complexity index is 849. The number of nitrogens with one attached hydrogen (secondary N) is 1. The quantitative estimate of drug-likeness (QED) is 0.742. The number of hydrogen-bond donors (Lipinski definition) is 1. The standard InChI is InChI=1S/C17H22BrFN2O5S/c1-16(2,3)26-15(22)21-9-17(10-21)7-11(8-25-17)20-27(23,24)12-4-5-13(18)14(19)6-12/h4-6,11,20H,7-10H2,1-3H3. The number of halogens is 2. The predicted octanol–water partition coefficient (Wildman–Crippen LogP) is 2.64. The average Bonchev–Trinajstić information content (AvgIpc) is 2.90. The van der Waals surface area contributed by atoms with Crippen LogP contribution in [0.5, 0.6) is 0 Å². The van der Waals surface area contributed by atoms with Crippen LogP contribution in [0.25, 0.3) is 0 Å². The highest BCUT2D eigenvalue weighted by molar-refractivity contribution is 9.10. The lowest BCUT2D eigenvalue weighted by Gasteiger charge is -2.46. The van der Waals surface area contributed by atoms with Gasteiger partial charge in [0.05, 0.1) is 29.1 Å². The molecule has 7 nitrogen and oxygen atoms in total. The molecule has 27 heavy (non-hydrogen) atoms. The van der Waals surface area contributed by atoms with Crippen molar-refractivity contribution in [3.05, 3.63) is 28.5 Å². The van der Waals surface area contributed by atoms with E-state index in [1.54, 1.807) is 20.8 Å². The summed E-state index contributed by atoms with van der Waals surface area (Å²) in [6, 6.07) is 3.20. The van der Waals surface area contributed by atoms with Crippen LogP contribution in [0, 0.1) is 5.82 Å². The molecule has 2 aliphatic heterocycles. The lowest BCUT2D eigenvalue weighted by atomic mass is 9.90. The molecule has 0 saturated carbocycles. The van der Waals surface area contributed by atoms with E-state index in [0.29, 0.717) is 19.5 Å². The van der Waals surface area contributed by atoms with Crippen LogP contribution in [0.4, 0.5) is 9.18 Å². The molecule has 2 heterocycles. The zero-order chi connectivity index (χ0) is 20.0. The number of carbonyl (C=O) groups is 1. The molecule has 3 rings (SSSR count). The van der Waals surface area contributed by atoms with Gasteiger partial charge in [0.25, 0.3) is 0 Å². The van der Waals surface area contributed by atoms with Crippen LogP contribution < -0.4 is 4.72 Å². The zero-order valence-corrected chi connectivity index (χ0v) is 17.7. The van der Waals surface area contributed by atoms with E-state index in [2.05, 4.69) is 20.7 Å². The van der Waals surface area contributed by atoms with Crippen LogP contribution in [0.3, 0.4) is 0 Å². The van der Waals surface area contributed by atoms with Gasteiger partial charge in [-0.1, -0.05) is 0 Å². The maximum atomic E-state index is 13.6. The van der Waals surface area contributed by atoms with Crippen LogP contribution in [0.15, 0.2) is 27.6 Å². The Labute approximate surface area is 166 Å². The second-order valence-electron chi connectivity index (χ2n) is 7.93. The Hall–Kier alpha value is -1.23. The second kappa shape index (κ2) is 6.98. The molecule has 0 bridgehead atoms. The summed E-state index contributed by atoms with van der Waals surface area (Å²) in [5.74, 6) is -0.649. The smallest absolute Gasteiger partial charge is 0.410 e. The molecule has 2 saturated heterocycles. The number of carbonyl (C=O) groups excluding carboxylic acids is 1. The molecule has 2 fully saturated rings. The molecule has 1 amide bonds. The van der Waals surface area contributed by atoms with Crippen molar-refractivity contribution in [1.82, 2.24) is 9.62 Å². The fraction of sp³-hybridized carbons (Fsp3) is 0.588. The van der Waals surface area contributed by atoms with Gasteiger partial charge in [0.1, 0.15) is 17.0 Å². The third kappa shape index (κ3) is 4.61. The summed E-state index contributed by atoms with van der Waals surface area (Å²) in [5, 5.41) is 0. The summed E-state index contributed by atoms with van der Waals surface area (Å²) in [6.45, 7) is 6.29. The van der Waals surface area contributed by atoms with Gasteiger partial charge in [0.2, 0.25) is 10.0 Å². The lowest BCUT2D eigenvalue weighted by Crippen LogP contribution is -2.64. The van der Waals surface area contributed by atoms with E-state index < -0.39 is 39.2 Å². The Morgan fingerprint density at radius 1 is 1.41 bits per heavy atom. The maximum absolute atomic E-state index is 13.6. The van der Waals surface area contributed by atoms with E-state index in [-0.39, 0.29) is 16.0 Å².